The first-order chi connectivity index (χ1) is 13.1. The standard InChI is InChI=1S/C22H27NO4/c1-16(17-7-8-19-14-20(26-2)10-9-18(19)13-17)22(25)27-15-21(24)23-11-5-3-4-6-12-23/h7-10,13-14,16H,3-6,11-12,15H2,1-2H3/t16-/m0/s1. The zero-order chi connectivity index (χ0) is 19.2. The third kappa shape index (κ3) is 4.79. The molecule has 1 saturated heterocycles. The highest BCUT2D eigenvalue weighted by Crippen LogP contribution is 2.25. The summed E-state index contributed by atoms with van der Waals surface area (Å²) >= 11 is 0. The molecule has 0 aliphatic carbocycles. The molecule has 0 unspecified atom stereocenters. The second-order valence-corrected chi connectivity index (χ2v) is 7.10. The van der Waals surface area contributed by atoms with Gasteiger partial charge in [0.2, 0.25) is 0 Å². The molecule has 1 fully saturated rings. The molecule has 0 aromatic heterocycles. The van der Waals surface area contributed by atoms with Crippen molar-refractivity contribution < 1.29 is 19.1 Å². The first-order valence-electron chi connectivity index (χ1n) is 9.60. The van der Waals surface area contributed by atoms with Crippen LogP contribution in [0.5, 0.6) is 5.75 Å². The molecule has 144 valence electrons. The Balaban J connectivity index is 1.61. The number of benzene rings is 2. The molecule has 1 heterocycles. The van der Waals surface area contributed by atoms with Crippen LogP contribution in [0.15, 0.2) is 36.4 Å². The van der Waals surface area contributed by atoms with Gasteiger partial charge in [0.05, 0.1) is 13.0 Å². The Morgan fingerprint density at radius 1 is 1.00 bits per heavy atom. The third-order valence-electron chi connectivity index (χ3n) is 5.22. The summed E-state index contributed by atoms with van der Waals surface area (Å²) in [5.74, 6) is -0.0859. The molecule has 1 aliphatic rings. The van der Waals surface area contributed by atoms with Crippen molar-refractivity contribution in [1.82, 2.24) is 4.90 Å². The Morgan fingerprint density at radius 2 is 1.67 bits per heavy atom. The lowest BCUT2D eigenvalue weighted by Crippen LogP contribution is -2.35. The van der Waals surface area contributed by atoms with Crippen molar-refractivity contribution in [2.75, 3.05) is 26.8 Å². The summed E-state index contributed by atoms with van der Waals surface area (Å²) in [5, 5.41) is 2.09. The van der Waals surface area contributed by atoms with Gasteiger partial charge in [-0.25, -0.2) is 0 Å². The number of likely N-dealkylation sites (tertiary alicyclic amines) is 1. The Morgan fingerprint density at radius 3 is 2.37 bits per heavy atom. The van der Waals surface area contributed by atoms with Crippen LogP contribution in [-0.4, -0.2) is 43.6 Å². The van der Waals surface area contributed by atoms with Crippen molar-refractivity contribution in [2.45, 2.75) is 38.5 Å². The van der Waals surface area contributed by atoms with E-state index >= 15 is 0 Å². The summed E-state index contributed by atoms with van der Waals surface area (Å²) in [4.78, 5) is 26.5. The van der Waals surface area contributed by atoms with Crippen molar-refractivity contribution in [1.29, 1.82) is 0 Å². The Hall–Kier alpha value is -2.56. The molecule has 0 N–H and O–H groups in total. The molecule has 0 spiro atoms. The zero-order valence-corrected chi connectivity index (χ0v) is 16.1. The molecule has 0 radical (unpaired) electrons. The van der Waals surface area contributed by atoms with Crippen LogP contribution in [0.3, 0.4) is 0 Å². The van der Waals surface area contributed by atoms with Crippen molar-refractivity contribution in [2.24, 2.45) is 0 Å². The van der Waals surface area contributed by atoms with Gasteiger partial charge in [0.15, 0.2) is 6.61 Å². The van der Waals surface area contributed by atoms with Gasteiger partial charge in [0.25, 0.3) is 5.91 Å². The largest absolute Gasteiger partial charge is 0.497 e. The predicted octanol–water partition coefficient (Wildman–Crippen LogP) is 3.90. The lowest BCUT2D eigenvalue weighted by molar-refractivity contribution is -0.153. The maximum absolute atomic E-state index is 12.4. The maximum atomic E-state index is 12.4. The van der Waals surface area contributed by atoms with E-state index in [1.807, 2.05) is 48.2 Å². The summed E-state index contributed by atoms with van der Waals surface area (Å²) in [6.45, 7) is 3.16. The van der Waals surface area contributed by atoms with Gasteiger partial charge in [-0.1, -0.05) is 37.1 Å². The van der Waals surface area contributed by atoms with Crippen molar-refractivity contribution in [3.8, 4) is 5.75 Å². The van der Waals surface area contributed by atoms with Gasteiger partial charge in [-0.15, -0.1) is 0 Å². The summed E-state index contributed by atoms with van der Waals surface area (Å²) in [5.41, 5.74) is 0.875. The molecule has 2 aromatic carbocycles. The van der Waals surface area contributed by atoms with Gasteiger partial charge < -0.3 is 14.4 Å². The average Bonchev–Trinajstić information content (AvgIpc) is 3.00. The summed E-state index contributed by atoms with van der Waals surface area (Å²) in [6, 6.07) is 11.7. The number of carbonyl (C=O) groups excluding carboxylic acids is 2. The molecular formula is C22H27NO4. The molecule has 1 amide bonds. The lowest BCUT2D eigenvalue weighted by atomic mass is 9.98. The minimum absolute atomic E-state index is 0.0944. The zero-order valence-electron chi connectivity index (χ0n) is 16.1. The van der Waals surface area contributed by atoms with Crippen molar-refractivity contribution in [3.05, 3.63) is 42.0 Å². The molecule has 1 aliphatic heterocycles. The summed E-state index contributed by atoms with van der Waals surface area (Å²) in [6.07, 6.45) is 4.37. The van der Waals surface area contributed by atoms with Crippen LogP contribution in [0, 0.1) is 0 Å². The van der Waals surface area contributed by atoms with E-state index in [0.717, 1.165) is 60.9 Å². The second-order valence-electron chi connectivity index (χ2n) is 7.10. The average molecular weight is 369 g/mol. The number of nitrogens with zero attached hydrogens (tertiary/aromatic N) is 1. The highest BCUT2D eigenvalue weighted by molar-refractivity contribution is 5.87. The molecule has 5 nitrogen and oxygen atoms in total. The molecule has 27 heavy (non-hydrogen) atoms. The Bertz CT molecular complexity index is 809. The van der Waals surface area contributed by atoms with E-state index < -0.39 is 5.92 Å². The SMILES string of the molecule is COc1ccc2cc([C@H](C)C(=O)OCC(=O)N3CCCCCC3)ccc2c1. The number of hydrogen-bond acceptors (Lipinski definition) is 4. The van der Waals surface area contributed by atoms with E-state index in [2.05, 4.69) is 0 Å². The molecule has 1 atom stereocenters. The van der Waals surface area contributed by atoms with Gasteiger partial charge >= 0.3 is 5.97 Å². The minimum atomic E-state index is -0.423. The molecule has 0 bridgehead atoms. The van der Waals surface area contributed by atoms with Gasteiger partial charge in [-0.2, -0.15) is 0 Å². The van der Waals surface area contributed by atoms with Gasteiger partial charge in [-0.05, 0) is 48.2 Å². The molecule has 0 saturated carbocycles. The number of ether oxygens (including phenoxy) is 2. The Labute approximate surface area is 160 Å². The van der Waals surface area contributed by atoms with E-state index in [4.69, 9.17) is 9.47 Å². The first-order valence-corrected chi connectivity index (χ1v) is 9.60. The number of fused-ring (bicyclic) bond motifs is 1. The minimum Gasteiger partial charge on any atom is -0.497 e. The topological polar surface area (TPSA) is 55.8 Å². The fourth-order valence-electron chi connectivity index (χ4n) is 3.44. The van der Waals surface area contributed by atoms with Crippen LogP contribution in [0.2, 0.25) is 0 Å². The van der Waals surface area contributed by atoms with E-state index in [1.165, 1.54) is 0 Å². The highest BCUT2D eigenvalue weighted by atomic mass is 16.5. The van der Waals surface area contributed by atoms with Crippen molar-refractivity contribution >= 4 is 22.6 Å². The van der Waals surface area contributed by atoms with Crippen LogP contribution >= 0.6 is 0 Å². The molecule has 2 aromatic rings. The molecule has 5 heteroatoms. The van der Waals surface area contributed by atoms with E-state index in [0.29, 0.717) is 0 Å². The second kappa shape index (κ2) is 8.89. The van der Waals surface area contributed by atoms with E-state index in [9.17, 15) is 9.59 Å². The molecular weight excluding hydrogens is 342 g/mol. The van der Waals surface area contributed by atoms with Crippen LogP contribution in [-0.2, 0) is 14.3 Å². The van der Waals surface area contributed by atoms with Crippen LogP contribution < -0.4 is 4.74 Å². The maximum Gasteiger partial charge on any atom is 0.313 e. The van der Waals surface area contributed by atoms with E-state index in [1.54, 1.807) is 7.11 Å². The number of carbonyl (C=O) groups is 2. The highest BCUT2D eigenvalue weighted by Gasteiger charge is 2.21. The first kappa shape index (κ1) is 19.2. The normalized spacial score (nSPS) is 15.9. The fourth-order valence-corrected chi connectivity index (χ4v) is 3.44. The number of esters is 1. The predicted molar refractivity (Wildman–Crippen MR) is 105 cm³/mol. The summed E-state index contributed by atoms with van der Waals surface area (Å²) < 4.78 is 10.6. The van der Waals surface area contributed by atoms with Crippen molar-refractivity contribution in [3.63, 3.8) is 0 Å². The third-order valence-corrected chi connectivity index (χ3v) is 5.22. The van der Waals surface area contributed by atoms with E-state index in [-0.39, 0.29) is 18.5 Å². The fraction of sp³-hybridized carbons (Fsp3) is 0.455. The van der Waals surface area contributed by atoms with Gasteiger partial charge in [-0.3, -0.25) is 9.59 Å². The quantitative estimate of drug-likeness (QED) is 0.750. The molecule has 3 rings (SSSR count). The number of methoxy groups -OCH3 is 1. The monoisotopic (exact) mass is 369 g/mol. The number of amides is 1. The van der Waals surface area contributed by atoms with Gasteiger partial charge in [0.1, 0.15) is 5.75 Å². The lowest BCUT2D eigenvalue weighted by Gasteiger charge is -2.20. The van der Waals surface area contributed by atoms with Gasteiger partial charge in [0, 0.05) is 13.1 Å². The Kier molecular flexibility index (Phi) is 6.32. The summed E-state index contributed by atoms with van der Waals surface area (Å²) in [7, 11) is 1.64. The number of hydrogen-bond donors (Lipinski definition) is 0. The van der Waals surface area contributed by atoms with Crippen LogP contribution in [0.1, 0.15) is 44.1 Å². The number of rotatable bonds is 5. The van der Waals surface area contributed by atoms with Crippen LogP contribution in [0.25, 0.3) is 10.8 Å². The smallest absolute Gasteiger partial charge is 0.313 e. The van der Waals surface area contributed by atoms with Crippen LogP contribution in [0.4, 0.5) is 0 Å².